The molecule has 1 aliphatic heterocycles. The van der Waals surface area contributed by atoms with Gasteiger partial charge in [-0.15, -0.1) is 0 Å². The Hall–Kier alpha value is -0.150. The van der Waals surface area contributed by atoms with Crippen LogP contribution in [-0.4, -0.2) is 24.8 Å². The normalized spacial score (nSPS) is 34.8. The highest BCUT2D eigenvalue weighted by molar-refractivity contribution is 4.93. The van der Waals surface area contributed by atoms with Crippen LogP contribution in [0.15, 0.2) is 0 Å². The van der Waals surface area contributed by atoms with Gasteiger partial charge in [-0.2, -0.15) is 0 Å². The lowest BCUT2D eigenvalue weighted by atomic mass is 9.87. The van der Waals surface area contributed by atoms with Crippen LogP contribution < -0.4 is 11.1 Å². The number of rotatable bonds is 1. The molecular formula is C7H15FN2. The first-order valence-corrected chi connectivity index (χ1v) is 3.65. The maximum Gasteiger partial charge on any atom is 0.118 e. The fourth-order valence-corrected chi connectivity index (χ4v) is 1.38. The Bertz CT molecular complexity index is 119. The molecule has 3 N–H and O–H groups in total. The van der Waals surface area contributed by atoms with Crippen LogP contribution in [0, 0.1) is 5.92 Å². The van der Waals surface area contributed by atoms with E-state index in [-0.39, 0.29) is 11.5 Å². The first kappa shape index (κ1) is 7.95. The number of alkyl halides is 1. The third-order valence-electron chi connectivity index (χ3n) is 2.10. The lowest BCUT2D eigenvalue weighted by Crippen LogP contribution is -2.45. The molecule has 0 unspecified atom stereocenters. The summed E-state index contributed by atoms with van der Waals surface area (Å²) in [4.78, 5) is 0. The zero-order chi connectivity index (χ0) is 7.78. The van der Waals surface area contributed by atoms with Gasteiger partial charge in [0.05, 0.1) is 0 Å². The van der Waals surface area contributed by atoms with Crippen molar-refractivity contribution in [1.82, 2.24) is 5.32 Å². The second kappa shape index (κ2) is 2.47. The molecule has 0 aromatic carbocycles. The monoisotopic (exact) mass is 146 g/mol. The largest absolute Gasteiger partial charge is 0.325 e. The van der Waals surface area contributed by atoms with E-state index in [4.69, 9.17) is 5.73 Å². The van der Waals surface area contributed by atoms with E-state index < -0.39 is 6.17 Å². The molecule has 0 radical (unpaired) electrons. The van der Waals surface area contributed by atoms with Crippen molar-refractivity contribution >= 4 is 0 Å². The summed E-state index contributed by atoms with van der Waals surface area (Å²) in [6.07, 6.45) is -0.764. The first-order chi connectivity index (χ1) is 4.52. The van der Waals surface area contributed by atoms with E-state index in [0.717, 1.165) is 0 Å². The summed E-state index contributed by atoms with van der Waals surface area (Å²) in [6.45, 7) is 4.92. The summed E-state index contributed by atoms with van der Waals surface area (Å²) in [5, 5.41) is 2.97. The number of hydrogen-bond donors (Lipinski definition) is 2. The molecule has 0 aromatic rings. The fourth-order valence-electron chi connectivity index (χ4n) is 1.38. The Balaban J connectivity index is 2.55. The summed E-state index contributed by atoms with van der Waals surface area (Å²) >= 11 is 0. The van der Waals surface area contributed by atoms with Crippen LogP contribution in [0.2, 0.25) is 0 Å². The van der Waals surface area contributed by atoms with Crippen molar-refractivity contribution in [1.29, 1.82) is 0 Å². The number of halogens is 1. The van der Waals surface area contributed by atoms with E-state index in [2.05, 4.69) is 5.32 Å². The summed E-state index contributed by atoms with van der Waals surface area (Å²) in [7, 11) is 0. The molecule has 1 saturated heterocycles. The highest BCUT2D eigenvalue weighted by Crippen LogP contribution is 2.22. The maximum absolute atomic E-state index is 12.9. The Labute approximate surface area is 61.0 Å². The molecule has 1 heterocycles. The number of hydrogen-bond acceptors (Lipinski definition) is 2. The van der Waals surface area contributed by atoms with Gasteiger partial charge < -0.3 is 11.1 Å². The number of nitrogens with one attached hydrogen (secondary N) is 1. The second-order valence-corrected chi connectivity index (χ2v) is 3.60. The molecule has 0 amide bonds. The van der Waals surface area contributed by atoms with E-state index in [1.165, 1.54) is 0 Å². The molecule has 10 heavy (non-hydrogen) atoms. The summed E-state index contributed by atoms with van der Waals surface area (Å²) in [5.41, 5.74) is 5.37. The fraction of sp³-hybridized carbons (Fsp3) is 1.00. The molecule has 0 aromatic heterocycles. The molecule has 1 rings (SSSR count). The van der Waals surface area contributed by atoms with Gasteiger partial charge >= 0.3 is 0 Å². The number of nitrogens with two attached hydrogens (primary N) is 1. The van der Waals surface area contributed by atoms with Crippen molar-refractivity contribution in [2.75, 3.05) is 13.1 Å². The summed E-state index contributed by atoms with van der Waals surface area (Å²) < 4.78 is 12.9. The Morgan fingerprint density at radius 3 is 2.30 bits per heavy atom. The molecule has 1 aliphatic rings. The van der Waals surface area contributed by atoms with Gasteiger partial charge in [0.15, 0.2) is 0 Å². The van der Waals surface area contributed by atoms with Crippen molar-refractivity contribution in [3.8, 4) is 0 Å². The van der Waals surface area contributed by atoms with E-state index in [9.17, 15) is 4.39 Å². The van der Waals surface area contributed by atoms with Crippen LogP contribution in [0.4, 0.5) is 4.39 Å². The minimum absolute atomic E-state index is 0.0208. The van der Waals surface area contributed by atoms with Gasteiger partial charge in [0, 0.05) is 24.5 Å². The van der Waals surface area contributed by atoms with Gasteiger partial charge in [-0.05, 0) is 13.8 Å². The summed E-state index contributed by atoms with van der Waals surface area (Å²) in [5.74, 6) is -0.0208. The zero-order valence-electron chi connectivity index (χ0n) is 6.52. The van der Waals surface area contributed by atoms with Crippen molar-refractivity contribution < 1.29 is 4.39 Å². The van der Waals surface area contributed by atoms with Crippen LogP contribution >= 0.6 is 0 Å². The van der Waals surface area contributed by atoms with Gasteiger partial charge in [0.2, 0.25) is 0 Å². The maximum atomic E-state index is 12.9. The molecule has 0 spiro atoms. The highest BCUT2D eigenvalue weighted by Gasteiger charge is 2.36. The van der Waals surface area contributed by atoms with E-state index in [1.807, 2.05) is 13.8 Å². The van der Waals surface area contributed by atoms with Gasteiger partial charge in [-0.3, -0.25) is 0 Å². The third-order valence-corrected chi connectivity index (χ3v) is 2.10. The molecule has 2 atom stereocenters. The van der Waals surface area contributed by atoms with Gasteiger partial charge in [0.25, 0.3) is 0 Å². The Kier molecular flexibility index (Phi) is 1.97. The highest BCUT2D eigenvalue weighted by atomic mass is 19.1. The molecule has 0 aliphatic carbocycles. The first-order valence-electron chi connectivity index (χ1n) is 3.65. The third kappa shape index (κ3) is 1.47. The lowest BCUT2D eigenvalue weighted by molar-refractivity contribution is 0.208. The topological polar surface area (TPSA) is 38.0 Å². The van der Waals surface area contributed by atoms with Crippen molar-refractivity contribution in [3.63, 3.8) is 0 Å². The predicted molar refractivity (Wildman–Crippen MR) is 39.5 cm³/mol. The Morgan fingerprint density at radius 1 is 1.50 bits per heavy atom. The quantitative estimate of drug-likeness (QED) is 0.557. The van der Waals surface area contributed by atoms with Crippen LogP contribution in [0.5, 0.6) is 0 Å². The predicted octanol–water partition coefficient (Wildman–Crippen LogP) is 0.281. The lowest BCUT2D eigenvalue weighted by Gasteiger charge is -2.27. The average Bonchev–Trinajstić information content (AvgIpc) is 2.11. The molecule has 0 saturated carbocycles. The van der Waals surface area contributed by atoms with Crippen LogP contribution in [-0.2, 0) is 0 Å². The molecular weight excluding hydrogens is 131 g/mol. The minimum atomic E-state index is -0.764. The zero-order valence-corrected chi connectivity index (χ0v) is 6.52. The minimum Gasteiger partial charge on any atom is -0.325 e. The standard InChI is InChI=1S/C7H15FN2/c1-7(2,9)5-3-10-4-6(5)8/h5-6,10H,3-4,9H2,1-2H3/t5-,6+/m0/s1. The Morgan fingerprint density at radius 2 is 2.10 bits per heavy atom. The van der Waals surface area contributed by atoms with Gasteiger partial charge in [0.1, 0.15) is 6.17 Å². The van der Waals surface area contributed by atoms with Crippen molar-refractivity contribution in [2.45, 2.75) is 25.6 Å². The molecule has 1 fully saturated rings. The van der Waals surface area contributed by atoms with Gasteiger partial charge in [-0.25, -0.2) is 4.39 Å². The van der Waals surface area contributed by atoms with Crippen molar-refractivity contribution in [3.05, 3.63) is 0 Å². The average molecular weight is 146 g/mol. The van der Waals surface area contributed by atoms with E-state index >= 15 is 0 Å². The van der Waals surface area contributed by atoms with Crippen LogP contribution in [0.3, 0.4) is 0 Å². The van der Waals surface area contributed by atoms with Crippen LogP contribution in [0.25, 0.3) is 0 Å². The second-order valence-electron chi connectivity index (χ2n) is 3.60. The molecule has 2 nitrogen and oxygen atoms in total. The van der Waals surface area contributed by atoms with E-state index in [1.54, 1.807) is 0 Å². The van der Waals surface area contributed by atoms with Crippen LogP contribution in [0.1, 0.15) is 13.8 Å². The van der Waals surface area contributed by atoms with Gasteiger partial charge in [-0.1, -0.05) is 0 Å². The van der Waals surface area contributed by atoms with E-state index in [0.29, 0.717) is 13.1 Å². The SMILES string of the molecule is CC(C)(N)[C@H]1CNC[C@H]1F. The van der Waals surface area contributed by atoms with Crippen molar-refractivity contribution in [2.24, 2.45) is 11.7 Å². The smallest absolute Gasteiger partial charge is 0.118 e. The molecule has 0 bridgehead atoms. The molecule has 3 heteroatoms. The molecule has 60 valence electrons. The summed E-state index contributed by atoms with van der Waals surface area (Å²) in [6, 6.07) is 0.